The zero-order valence-electron chi connectivity index (χ0n) is 9.52. The summed E-state index contributed by atoms with van der Waals surface area (Å²) >= 11 is 11.6. The van der Waals surface area contributed by atoms with Crippen LogP contribution in [0.25, 0.3) is 0 Å². The predicted molar refractivity (Wildman–Crippen MR) is 68.4 cm³/mol. The van der Waals surface area contributed by atoms with Gasteiger partial charge in [-0.25, -0.2) is 15.0 Å². The fourth-order valence-electron chi connectivity index (χ4n) is 1.51. The van der Waals surface area contributed by atoms with Gasteiger partial charge in [0.05, 0.1) is 0 Å². The first-order valence-electron chi connectivity index (χ1n) is 5.55. The van der Waals surface area contributed by atoms with E-state index in [9.17, 15) is 4.79 Å². The minimum Gasteiger partial charge on any atom is -0.302 e. The molecule has 3 rings (SSSR count). The third-order valence-corrected chi connectivity index (χ3v) is 3.39. The summed E-state index contributed by atoms with van der Waals surface area (Å²) in [4.78, 5) is 23.6. The molecule has 0 aliphatic heterocycles. The molecule has 1 fully saturated rings. The van der Waals surface area contributed by atoms with Crippen molar-refractivity contribution in [3.63, 3.8) is 0 Å². The third-order valence-electron chi connectivity index (χ3n) is 2.65. The van der Waals surface area contributed by atoms with Gasteiger partial charge in [0.2, 0.25) is 5.82 Å². The summed E-state index contributed by atoms with van der Waals surface area (Å²) in [5, 5.41) is 9.24. The molecule has 1 aliphatic carbocycles. The molecular weight excluding hydrogens is 291 g/mol. The molecule has 0 atom stereocenters. The molecule has 98 valence electrons. The summed E-state index contributed by atoms with van der Waals surface area (Å²) in [6.07, 6.45) is 3.35. The number of rotatable bonds is 3. The Morgan fingerprint density at radius 1 is 1.37 bits per heavy atom. The normalized spacial score (nSPS) is 14.4. The molecule has 1 amide bonds. The SMILES string of the molecule is O=C(Nc1ncnc(Cl)c1Cl)c1n[nH]c(C2CC2)n1. The van der Waals surface area contributed by atoms with E-state index in [0.717, 1.165) is 18.7 Å². The molecule has 1 saturated carbocycles. The fraction of sp³-hybridized carbons (Fsp3) is 0.300. The number of amides is 1. The van der Waals surface area contributed by atoms with E-state index in [4.69, 9.17) is 23.2 Å². The largest absolute Gasteiger partial charge is 0.302 e. The molecule has 0 spiro atoms. The highest BCUT2D eigenvalue weighted by Crippen LogP contribution is 2.37. The predicted octanol–water partition coefficient (Wildman–Crippen LogP) is 2.03. The van der Waals surface area contributed by atoms with E-state index in [1.54, 1.807) is 0 Å². The Bertz CT molecular complexity index is 639. The summed E-state index contributed by atoms with van der Waals surface area (Å²) in [5.74, 6) is 0.806. The topological polar surface area (TPSA) is 96.5 Å². The van der Waals surface area contributed by atoms with Crippen molar-refractivity contribution in [2.24, 2.45) is 0 Å². The number of aromatic nitrogens is 5. The van der Waals surface area contributed by atoms with Gasteiger partial charge in [0.25, 0.3) is 5.91 Å². The fourth-order valence-corrected chi connectivity index (χ4v) is 1.79. The summed E-state index contributed by atoms with van der Waals surface area (Å²) < 4.78 is 0. The first-order chi connectivity index (χ1) is 9.15. The molecule has 2 heterocycles. The van der Waals surface area contributed by atoms with Gasteiger partial charge in [-0.15, -0.1) is 5.10 Å². The van der Waals surface area contributed by atoms with Gasteiger partial charge in [-0.3, -0.25) is 9.89 Å². The van der Waals surface area contributed by atoms with E-state index in [1.165, 1.54) is 6.33 Å². The number of hydrogen-bond acceptors (Lipinski definition) is 5. The minimum atomic E-state index is -0.500. The summed E-state index contributed by atoms with van der Waals surface area (Å²) in [5.41, 5.74) is 0. The summed E-state index contributed by atoms with van der Waals surface area (Å²) in [6.45, 7) is 0. The van der Waals surface area contributed by atoms with Gasteiger partial charge in [0, 0.05) is 5.92 Å². The molecule has 2 N–H and O–H groups in total. The van der Waals surface area contributed by atoms with Crippen LogP contribution >= 0.6 is 23.2 Å². The Morgan fingerprint density at radius 3 is 2.89 bits per heavy atom. The quantitative estimate of drug-likeness (QED) is 0.845. The lowest BCUT2D eigenvalue weighted by Gasteiger charge is -2.03. The van der Waals surface area contributed by atoms with Crippen LogP contribution in [-0.2, 0) is 0 Å². The number of carbonyl (C=O) groups excluding carboxylic acids is 1. The molecular formula is C10H8Cl2N6O. The van der Waals surface area contributed by atoms with Gasteiger partial charge in [0.15, 0.2) is 11.0 Å². The van der Waals surface area contributed by atoms with E-state index >= 15 is 0 Å². The molecule has 19 heavy (non-hydrogen) atoms. The van der Waals surface area contributed by atoms with E-state index in [2.05, 4.69) is 30.5 Å². The van der Waals surface area contributed by atoms with Crippen molar-refractivity contribution in [1.29, 1.82) is 0 Å². The number of hydrogen-bond donors (Lipinski definition) is 2. The third kappa shape index (κ3) is 2.52. The second-order valence-corrected chi connectivity index (χ2v) is 4.84. The second-order valence-electron chi connectivity index (χ2n) is 4.10. The van der Waals surface area contributed by atoms with Crippen molar-refractivity contribution in [2.75, 3.05) is 5.32 Å². The Balaban J connectivity index is 1.78. The van der Waals surface area contributed by atoms with E-state index in [-0.39, 0.29) is 21.8 Å². The highest BCUT2D eigenvalue weighted by Gasteiger charge is 2.28. The van der Waals surface area contributed by atoms with Crippen molar-refractivity contribution in [3.05, 3.63) is 28.2 Å². The highest BCUT2D eigenvalue weighted by atomic mass is 35.5. The maximum atomic E-state index is 11.9. The van der Waals surface area contributed by atoms with E-state index in [0.29, 0.717) is 5.92 Å². The number of nitrogens with zero attached hydrogens (tertiary/aromatic N) is 4. The number of nitrogens with one attached hydrogen (secondary N) is 2. The highest BCUT2D eigenvalue weighted by molar-refractivity contribution is 6.43. The molecule has 9 heteroatoms. The van der Waals surface area contributed by atoms with E-state index in [1.807, 2.05) is 0 Å². The first-order valence-corrected chi connectivity index (χ1v) is 6.30. The van der Waals surface area contributed by atoms with Crippen LogP contribution in [-0.4, -0.2) is 31.1 Å². The Kier molecular flexibility index (Phi) is 3.08. The van der Waals surface area contributed by atoms with E-state index < -0.39 is 5.91 Å². The maximum absolute atomic E-state index is 11.9. The molecule has 1 aliphatic rings. The van der Waals surface area contributed by atoms with Crippen LogP contribution in [0.2, 0.25) is 10.2 Å². The lowest BCUT2D eigenvalue weighted by molar-refractivity contribution is 0.101. The van der Waals surface area contributed by atoms with Crippen LogP contribution in [0.3, 0.4) is 0 Å². The van der Waals surface area contributed by atoms with Crippen LogP contribution in [0, 0.1) is 0 Å². The van der Waals surface area contributed by atoms with Crippen LogP contribution in [0.1, 0.15) is 35.2 Å². The number of H-pyrrole nitrogens is 1. The zero-order chi connectivity index (χ0) is 13.4. The van der Waals surface area contributed by atoms with Crippen LogP contribution < -0.4 is 5.32 Å². The number of aromatic amines is 1. The monoisotopic (exact) mass is 298 g/mol. The lowest BCUT2D eigenvalue weighted by Crippen LogP contribution is -2.15. The second kappa shape index (κ2) is 4.75. The molecule has 0 bridgehead atoms. The lowest BCUT2D eigenvalue weighted by atomic mass is 10.4. The molecule has 7 nitrogen and oxygen atoms in total. The molecule has 2 aromatic rings. The van der Waals surface area contributed by atoms with Crippen molar-refractivity contribution in [3.8, 4) is 0 Å². The zero-order valence-corrected chi connectivity index (χ0v) is 11.0. The Morgan fingerprint density at radius 2 is 2.16 bits per heavy atom. The standard InChI is InChI=1S/C10H8Cl2N6O/c11-5-6(12)13-3-14-8(5)16-10(19)9-15-7(17-18-9)4-1-2-4/h3-4H,1-2H2,(H,15,17,18)(H,13,14,16,19). The van der Waals surface area contributed by atoms with Gasteiger partial charge in [0.1, 0.15) is 17.2 Å². The van der Waals surface area contributed by atoms with Gasteiger partial charge in [-0.05, 0) is 12.8 Å². The number of halogens is 2. The first kappa shape index (κ1) is 12.3. The van der Waals surface area contributed by atoms with Crippen molar-refractivity contribution < 1.29 is 4.79 Å². The van der Waals surface area contributed by atoms with Gasteiger partial charge in [-0.2, -0.15) is 0 Å². The van der Waals surface area contributed by atoms with Crippen molar-refractivity contribution >= 4 is 34.9 Å². The average molecular weight is 299 g/mol. The Hall–Kier alpha value is -1.73. The smallest absolute Gasteiger partial charge is 0.296 e. The minimum absolute atomic E-state index is 0.0488. The van der Waals surface area contributed by atoms with Crippen molar-refractivity contribution in [2.45, 2.75) is 18.8 Å². The molecule has 0 radical (unpaired) electrons. The van der Waals surface area contributed by atoms with Crippen LogP contribution in [0.5, 0.6) is 0 Å². The van der Waals surface area contributed by atoms with Crippen LogP contribution in [0.4, 0.5) is 5.82 Å². The molecule has 0 aromatic carbocycles. The van der Waals surface area contributed by atoms with Gasteiger partial charge >= 0.3 is 0 Å². The van der Waals surface area contributed by atoms with Gasteiger partial charge < -0.3 is 5.32 Å². The van der Waals surface area contributed by atoms with Crippen LogP contribution in [0.15, 0.2) is 6.33 Å². The number of carbonyl (C=O) groups is 1. The number of anilines is 1. The summed E-state index contributed by atoms with van der Waals surface area (Å²) in [7, 11) is 0. The maximum Gasteiger partial charge on any atom is 0.296 e. The molecule has 0 saturated heterocycles. The molecule has 0 unspecified atom stereocenters. The Labute approximate surface area is 117 Å². The average Bonchev–Trinajstić information content (AvgIpc) is 3.12. The molecule has 2 aromatic heterocycles. The van der Waals surface area contributed by atoms with Crippen molar-refractivity contribution in [1.82, 2.24) is 25.1 Å². The summed E-state index contributed by atoms with van der Waals surface area (Å²) in [6, 6.07) is 0. The van der Waals surface area contributed by atoms with Gasteiger partial charge in [-0.1, -0.05) is 23.2 Å².